The van der Waals surface area contributed by atoms with Crippen LogP contribution in [-0.4, -0.2) is 17.6 Å². The fourth-order valence-corrected chi connectivity index (χ4v) is 3.75. The monoisotopic (exact) mass is 260 g/mol. The summed E-state index contributed by atoms with van der Waals surface area (Å²) in [5, 5.41) is 4.89. The van der Waals surface area contributed by atoms with Gasteiger partial charge in [0.25, 0.3) is 0 Å². The van der Waals surface area contributed by atoms with Crippen LogP contribution in [0.4, 0.5) is 0 Å². The molecular formula is C15H20N2S. The minimum absolute atomic E-state index is 0.640. The lowest BCUT2D eigenvalue weighted by molar-refractivity contribution is 0.399. The van der Waals surface area contributed by atoms with Gasteiger partial charge in [0.2, 0.25) is 0 Å². The van der Waals surface area contributed by atoms with E-state index < -0.39 is 0 Å². The molecule has 1 aliphatic rings. The third-order valence-electron chi connectivity index (χ3n) is 3.88. The highest BCUT2D eigenvalue weighted by molar-refractivity contribution is 7.18. The second-order valence-electron chi connectivity index (χ2n) is 5.36. The van der Waals surface area contributed by atoms with E-state index in [1.807, 2.05) is 11.3 Å². The predicted octanol–water partition coefficient (Wildman–Crippen LogP) is 3.60. The summed E-state index contributed by atoms with van der Waals surface area (Å²) in [4.78, 5) is 4.79. The van der Waals surface area contributed by atoms with Crippen LogP contribution in [0.15, 0.2) is 12.1 Å². The lowest BCUT2D eigenvalue weighted by Crippen LogP contribution is -2.35. The molecule has 1 aromatic heterocycles. The Hall–Kier alpha value is -0.930. The molecule has 2 heterocycles. The first kappa shape index (κ1) is 12.1. The van der Waals surface area contributed by atoms with Gasteiger partial charge in [-0.3, -0.25) is 0 Å². The van der Waals surface area contributed by atoms with Gasteiger partial charge in [0.1, 0.15) is 0 Å². The van der Waals surface area contributed by atoms with Crippen molar-refractivity contribution >= 4 is 21.6 Å². The molecule has 1 aliphatic heterocycles. The Morgan fingerprint density at radius 2 is 2.11 bits per heavy atom. The summed E-state index contributed by atoms with van der Waals surface area (Å²) >= 11 is 1.86. The van der Waals surface area contributed by atoms with Crippen LogP contribution < -0.4 is 5.32 Å². The van der Waals surface area contributed by atoms with Gasteiger partial charge in [-0.05, 0) is 56.5 Å². The van der Waals surface area contributed by atoms with Crippen molar-refractivity contribution in [1.82, 2.24) is 10.3 Å². The van der Waals surface area contributed by atoms with Crippen LogP contribution in [0, 0.1) is 13.8 Å². The summed E-state index contributed by atoms with van der Waals surface area (Å²) in [5.74, 6) is 0. The normalized spacial score (nSPS) is 20.4. The Balaban J connectivity index is 1.84. The van der Waals surface area contributed by atoms with E-state index in [0.717, 1.165) is 6.42 Å². The van der Waals surface area contributed by atoms with Gasteiger partial charge in [-0.2, -0.15) is 0 Å². The molecule has 96 valence electrons. The molecule has 0 bridgehead atoms. The van der Waals surface area contributed by atoms with Crippen LogP contribution in [0.1, 0.15) is 35.4 Å². The first-order chi connectivity index (χ1) is 8.72. The van der Waals surface area contributed by atoms with E-state index >= 15 is 0 Å². The number of hydrogen-bond acceptors (Lipinski definition) is 3. The van der Waals surface area contributed by atoms with Crippen LogP contribution in [0.3, 0.4) is 0 Å². The van der Waals surface area contributed by atoms with Gasteiger partial charge in [0, 0.05) is 12.5 Å². The third kappa shape index (κ3) is 2.43. The van der Waals surface area contributed by atoms with Gasteiger partial charge in [-0.25, -0.2) is 4.98 Å². The van der Waals surface area contributed by atoms with E-state index in [9.17, 15) is 0 Å². The molecule has 0 saturated carbocycles. The molecule has 0 aliphatic carbocycles. The fraction of sp³-hybridized carbons (Fsp3) is 0.533. The Morgan fingerprint density at radius 3 is 2.89 bits per heavy atom. The van der Waals surface area contributed by atoms with E-state index in [1.54, 1.807) is 0 Å². The minimum atomic E-state index is 0.640. The van der Waals surface area contributed by atoms with Crippen molar-refractivity contribution in [2.24, 2.45) is 0 Å². The molecule has 1 N–H and O–H groups in total. The lowest BCUT2D eigenvalue weighted by Gasteiger charge is -2.22. The Bertz CT molecular complexity index is 514. The zero-order valence-electron chi connectivity index (χ0n) is 11.1. The number of piperidine rings is 1. The highest BCUT2D eigenvalue weighted by atomic mass is 32.1. The van der Waals surface area contributed by atoms with Crippen molar-refractivity contribution in [2.75, 3.05) is 6.54 Å². The van der Waals surface area contributed by atoms with E-state index in [-0.39, 0.29) is 0 Å². The summed E-state index contributed by atoms with van der Waals surface area (Å²) < 4.78 is 1.34. The number of hydrogen-bond donors (Lipinski definition) is 1. The number of nitrogens with one attached hydrogen (secondary N) is 1. The largest absolute Gasteiger partial charge is 0.314 e. The summed E-state index contributed by atoms with van der Waals surface area (Å²) in [6, 6.07) is 5.14. The minimum Gasteiger partial charge on any atom is -0.314 e. The molecule has 1 fully saturated rings. The molecule has 0 amide bonds. The van der Waals surface area contributed by atoms with Crippen LogP contribution >= 0.6 is 11.3 Å². The number of thiazole rings is 1. The van der Waals surface area contributed by atoms with Crippen molar-refractivity contribution in [2.45, 2.75) is 45.6 Å². The zero-order chi connectivity index (χ0) is 12.5. The molecule has 3 rings (SSSR count). The molecular weight excluding hydrogens is 240 g/mol. The second-order valence-corrected chi connectivity index (χ2v) is 6.48. The number of nitrogens with zero attached hydrogens (tertiary/aromatic N) is 1. The first-order valence-corrected chi connectivity index (χ1v) is 7.64. The number of rotatable bonds is 2. The molecule has 1 atom stereocenters. The van der Waals surface area contributed by atoms with Gasteiger partial charge < -0.3 is 5.32 Å². The van der Waals surface area contributed by atoms with Gasteiger partial charge in [0.05, 0.1) is 15.2 Å². The molecule has 1 saturated heterocycles. The Labute approximate surface area is 112 Å². The van der Waals surface area contributed by atoms with Gasteiger partial charge in [-0.1, -0.05) is 6.42 Å². The van der Waals surface area contributed by atoms with Crippen LogP contribution in [-0.2, 0) is 6.42 Å². The number of aryl methyl sites for hydroxylation is 2. The SMILES string of the molecule is Cc1cc2nc(CC3CCCCN3)sc2cc1C. The van der Waals surface area contributed by atoms with Crippen molar-refractivity contribution in [3.8, 4) is 0 Å². The zero-order valence-corrected chi connectivity index (χ0v) is 11.9. The molecule has 1 aromatic carbocycles. The summed E-state index contributed by atoms with van der Waals surface area (Å²) in [6.07, 6.45) is 5.08. The number of benzene rings is 1. The maximum absolute atomic E-state index is 4.79. The quantitative estimate of drug-likeness (QED) is 0.892. The fourth-order valence-electron chi connectivity index (χ4n) is 2.62. The van der Waals surface area contributed by atoms with E-state index in [4.69, 9.17) is 4.98 Å². The van der Waals surface area contributed by atoms with Crippen molar-refractivity contribution in [3.63, 3.8) is 0 Å². The summed E-state index contributed by atoms with van der Waals surface area (Å²) in [6.45, 7) is 5.52. The van der Waals surface area contributed by atoms with E-state index in [2.05, 4.69) is 31.3 Å². The predicted molar refractivity (Wildman–Crippen MR) is 78.4 cm³/mol. The molecule has 0 spiro atoms. The van der Waals surface area contributed by atoms with Crippen molar-refractivity contribution in [1.29, 1.82) is 0 Å². The molecule has 2 aromatic rings. The average molecular weight is 260 g/mol. The van der Waals surface area contributed by atoms with Gasteiger partial charge in [-0.15, -0.1) is 11.3 Å². The maximum Gasteiger partial charge on any atom is 0.0954 e. The second kappa shape index (κ2) is 4.98. The van der Waals surface area contributed by atoms with E-state index in [1.165, 1.54) is 52.2 Å². The molecule has 1 unspecified atom stereocenters. The van der Waals surface area contributed by atoms with Crippen molar-refractivity contribution < 1.29 is 0 Å². The van der Waals surface area contributed by atoms with Crippen LogP contribution in [0.5, 0.6) is 0 Å². The van der Waals surface area contributed by atoms with Gasteiger partial charge >= 0.3 is 0 Å². The number of aromatic nitrogens is 1. The summed E-state index contributed by atoms with van der Waals surface area (Å²) in [5.41, 5.74) is 3.89. The number of fused-ring (bicyclic) bond motifs is 1. The van der Waals surface area contributed by atoms with Crippen LogP contribution in [0.25, 0.3) is 10.2 Å². The highest BCUT2D eigenvalue weighted by Crippen LogP contribution is 2.26. The van der Waals surface area contributed by atoms with Crippen molar-refractivity contribution in [3.05, 3.63) is 28.3 Å². The molecule has 0 radical (unpaired) electrons. The smallest absolute Gasteiger partial charge is 0.0954 e. The lowest BCUT2D eigenvalue weighted by atomic mass is 10.0. The highest BCUT2D eigenvalue weighted by Gasteiger charge is 2.15. The van der Waals surface area contributed by atoms with Gasteiger partial charge in [0.15, 0.2) is 0 Å². The van der Waals surface area contributed by atoms with Crippen LogP contribution in [0.2, 0.25) is 0 Å². The Morgan fingerprint density at radius 1 is 1.28 bits per heavy atom. The van der Waals surface area contributed by atoms with E-state index in [0.29, 0.717) is 6.04 Å². The average Bonchev–Trinajstić information content (AvgIpc) is 2.72. The maximum atomic E-state index is 4.79. The molecule has 2 nitrogen and oxygen atoms in total. The molecule has 18 heavy (non-hydrogen) atoms. The standard InChI is InChI=1S/C15H20N2S/c1-10-7-13-14(8-11(10)2)18-15(17-13)9-12-5-3-4-6-16-12/h7-8,12,16H,3-6,9H2,1-2H3. The Kier molecular flexibility index (Phi) is 3.35. The molecule has 3 heteroatoms. The topological polar surface area (TPSA) is 24.9 Å². The first-order valence-electron chi connectivity index (χ1n) is 6.82. The summed E-state index contributed by atoms with van der Waals surface area (Å²) in [7, 11) is 0. The third-order valence-corrected chi connectivity index (χ3v) is 4.92.